The van der Waals surface area contributed by atoms with Crippen LogP contribution in [0.25, 0.3) is 0 Å². The van der Waals surface area contributed by atoms with Crippen molar-refractivity contribution in [1.82, 2.24) is 0 Å². The molecule has 2 N–H and O–H groups in total. The molecule has 0 amide bonds. The maximum Gasteiger partial charge on any atom is 0.377 e. The smallest absolute Gasteiger partial charge is 0.377 e. The van der Waals surface area contributed by atoms with Crippen molar-refractivity contribution in [2.75, 3.05) is 0 Å². The largest absolute Gasteiger partial charge is 0.505 e. The van der Waals surface area contributed by atoms with E-state index in [1.54, 1.807) is 0 Å². The first-order valence-corrected chi connectivity index (χ1v) is 10.9. The molecule has 1 aliphatic heterocycles. The van der Waals surface area contributed by atoms with Gasteiger partial charge >= 0.3 is 5.97 Å². The summed E-state index contributed by atoms with van der Waals surface area (Å²) in [5.41, 5.74) is 0. The first kappa shape index (κ1) is 22.9. The van der Waals surface area contributed by atoms with Crippen molar-refractivity contribution in [3.8, 4) is 0 Å². The fourth-order valence-corrected chi connectivity index (χ4v) is 3.78. The van der Waals surface area contributed by atoms with E-state index in [9.17, 15) is 15.0 Å². The number of carbonyl (C=O) groups is 1. The van der Waals surface area contributed by atoms with E-state index < -0.39 is 17.8 Å². The van der Waals surface area contributed by atoms with Crippen LogP contribution in [0, 0.1) is 5.92 Å². The zero-order chi connectivity index (χ0) is 19.2. The lowest BCUT2D eigenvalue weighted by Gasteiger charge is -2.21. The summed E-state index contributed by atoms with van der Waals surface area (Å²) in [5, 5.41) is 19.2. The molecule has 4 heteroatoms. The maximum atomic E-state index is 11.3. The number of unbranched alkanes of at least 4 members (excludes halogenated alkanes) is 12. The molecule has 0 aromatic carbocycles. The average molecular weight is 369 g/mol. The Labute approximate surface area is 160 Å². The van der Waals surface area contributed by atoms with Gasteiger partial charge in [0.15, 0.2) is 11.9 Å². The van der Waals surface area contributed by atoms with Gasteiger partial charge in [0.2, 0.25) is 5.76 Å². The normalized spacial score (nSPS) is 18.4. The first-order chi connectivity index (χ1) is 12.6. The van der Waals surface area contributed by atoms with Crippen LogP contribution in [0.2, 0.25) is 0 Å². The van der Waals surface area contributed by atoms with Crippen LogP contribution in [0.15, 0.2) is 11.5 Å². The molecule has 1 aliphatic rings. The number of aliphatic hydroxyl groups is 2. The molecule has 26 heavy (non-hydrogen) atoms. The van der Waals surface area contributed by atoms with E-state index in [2.05, 4.69) is 6.92 Å². The van der Waals surface area contributed by atoms with E-state index in [4.69, 9.17) is 4.74 Å². The van der Waals surface area contributed by atoms with Crippen molar-refractivity contribution in [2.24, 2.45) is 5.92 Å². The van der Waals surface area contributed by atoms with Gasteiger partial charge in [0, 0.05) is 5.92 Å². The highest BCUT2D eigenvalue weighted by Crippen LogP contribution is 2.30. The molecule has 0 fully saturated rings. The molecule has 0 aromatic heterocycles. The third-order valence-corrected chi connectivity index (χ3v) is 5.57. The monoisotopic (exact) mass is 368 g/mol. The third kappa shape index (κ3) is 8.46. The number of ether oxygens (including phenoxy) is 1. The van der Waals surface area contributed by atoms with Crippen LogP contribution in [-0.2, 0) is 9.53 Å². The zero-order valence-corrected chi connectivity index (χ0v) is 17.0. The van der Waals surface area contributed by atoms with Crippen molar-refractivity contribution in [1.29, 1.82) is 0 Å². The van der Waals surface area contributed by atoms with Crippen LogP contribution in [-0.4, -0.2) is 22.3 Å². The summed E-state index contributed by atoms with van der Waals surface area (Å²) < 4.78 is 5.09. The molecule has 1 heterocycles. The molecule has 1 rings (SSSR count). The Balaban J connectivity index is 1.97. The van der Waals surface area contributed by atoms with Gasteiger partial charge in [0.1, 0.15) is 0 Å². The number of esters is 1. The molecule has 0 radical (unpaired) electrons. The second-order valence-corrected chi connectivity index (χ2v) is 7.76. The molecule has 1 unspecified atom stereocenters. The topological polar surface area (TPSA) is 66.8 Å². The molecule has 152 valence electrons. The Morgan fingerprint density at radius 2 is 1.27 bits per heavy atom. The second kappa shape index (κ2) is 13.9. The van der Waals surface area contributed by atoms with Crippen molar-refractivity contribution in [3.63, 3.8) is 0 Å². The van der Waals surface area contributed by atoms with E-state index in [0.29, 0.717) is 0 Å². The van der Waals surface area contributed by atoms with Crippen molar-refractivity contribution >= 4 is 5.97 Å². The summed E-state index contributed by atoms with van der Waals surface area (Å²) >= 11 is 0. The van der Waals surface area contributed by atoms with Crippen LogP contribution >= 0.6 is 0 Å². The van der Waals surface area contributed by atoms with Gasteiger partial charge in [0.25, 0.3) is 0 Å². The molecule has 4 nitrogen and oxygen atoms in total. The fraction of sp³-hybridized carbons (Fsp3) is 0.864. The van der Waals surface area contributed by atoms with Gasteiger partial charge in [-0.1, -0.05) is 97.3 Å². The van der Waals surface area contributed by atoms with E-state index in [1.807, 2.05) is 6.92 Å². The Kier molecular flexibility index (Phi) is 12.3. The van der Waals surface area contributed by atoms with Gasteiger partial charge in [-0.25, -0.2) is 4.79 Å². The van der Waals surface area contributed by atoms with Gasteiger partial charge in [-0.2, -0.15) is 0 Å². The lowest BCUT2D eigenvalue weighted by atomic mass is 9.91. The molecule has 0 saturated carbocycles. The Morgan fingerprint density at radius 3 is 1.65 bits per heavy atom. The SMILES string of the molecule is CCCCCCCCCCCCCCCC(CC)[C@@H]1OC(=O)C(O)=C1O. The molecular weight excluding hydrogens is 328 g/mol. The van der Waals surface area contributed by atoms with Gasteiger partial charge in [0.05, 0.1) is 0 Å². The lowest BCUT2D eigenvalue weighted by molar-refractivity contribution is -0.144. The van der Waals surface area contributed by atoms with Gasteiger partial charge in [-0.05, 0) is 12.8 Å². The minimum Gasteiger partial charge on any atom is -0.505 e. The summed E-state index contributed by atoms with van der Waals surface area (Å²) in [7, 11) is 0. The molecular formula is C22H40O4. The van der Waals surface area contributed by atoms with E-state index in [1.165, 1.54) is 77.0 Å². The fourth-order valence-electron chi connectivity index (χ4n) is 3.78. The van der Waals surface area contributed by atoms with Gasteiger partial charge in [-0.3, -0.25) is 0 Å². The second-order valence-electron chi connectivity index (χ2n) is 7.76. The average Bonchev–Trinajstić information content (AvgIpc) is 2.89. The van der Waals surface area contributed by atoms with Crippen LogP contribution in [0.3, 0.4) is 0 Å². The number of hydrogen-bond acceptors (Lipinski definition) is 4. The van der Waals surface area contributed by atoms with E-state index >= 15 is 0 Å². The highest BCUT2D eigenvalue weighted by molar-refractivity contribution is 5.89. The predicted octanol–water partition coefficient (Wildman–Crippen LogP) is 6.75. The Bertz CT molecular complexity index is 416. The van der Waals surface area contributed by atoms with Crippen molar-refractivity contribution in [3.05, 3.63) is 11.5 Å². The number of carbonyl (C=O) groups excluding carboxylic acids is 1. The summed E-state index contributed by atoms with van der Waals surface area (Å²) in [4.78, 5) is 11.3. The summed E-state index contributed by atoms with van der Waals surface area (Å²) in [5.74, 6) is -1.59. The molecule has 0 aromatic rings. The van der Waals surface area contributed by atoms with Gasteiger partial charge < -0.3 is 14.9 Å². The quantitative estimate of drug-likeness (QED) is 0.234. The Morgan fingerprint density at radius 1 is 0.808 bits per heavy atom. The molecule has 0 saturated heterocycles. The van der Waals surface area contributed by atoms with Crippen LogP contribution in [0.4, 0.5) is 0 Å². The van der Waals surface area contributed by atoms with E-state index in [-0.39, 0.29) is 11.7 Å². The standard InChI is InChI=1S/C22H40O4/c1-3-5-6-7-8-9-10-11-12-13-14-15-16-17-18(4-2)21-19(23)20(24)22(25)26-21/h18,21,23-24H,3-17H2,1-2H3/t18?,21-/m0/s1. The number of cyclic esters (lactones) is 1. The summed E-state index contributed by atoms with van der Waals surface area (Å²) in [6.45, 7) is 4.29. The summed E-state index contributed by atoms with van der Waals surface area (Å²) in [6.07, 6.45) is 18.3. The third-order valence-electron chi connectivity index (χ3n) is 5.57. The molecule has 2 atom stereocenters. The van der Waals surface area contributed by atoms with Crippen LogP contribution in [0.5, 0.6) is 0 Å². The lowest BCUT2D eigenvalue weighted by Crippen LogP contribution is -2.23. The first-order valence-electron chi connectivity index (χ1n) is 10.9. The molecule has 0 bridgehead atoms. The molecule has 0 spiro atoms. The number of rotatable bonds is 16. The Hall–Kier alpha value is -1.19. The number of hydrogen-bond donors (Lipinski definition) is 2. The number of aliphatic hydroxyl groups excluding tert-OH is 2. The van der Waals surface area contributed by atoms with Gasteiger partial charge in [-0.15, -0.1) is 0 Å². The zero-order valence-electron chi connectivity index (χ0n) is 17.0. The summed E-state index contributed by atoms with van der Waals surface area (Å²) in [6, 6.07) is 0. The van der Waals surface area contributed by atoms with Crippen molar-refractivity contribution < 1.29 is 19.7 Å². The predicted molar refractivity (Wildman–Crippen MR) is 106 cm³/mol. The minimum absolute atomic E-state index is 0.0938. The molecule has 0 aliphatic carbocycles. The van der Waals surface area contributed by atoms with Crippen LogP contribution in [0.1, 0.15) is 110 Å². The highest BCUT2D eigenvalue weighted by Gasteiger charge is 2.38. The minimum atomic E-state index is -0.795. The maximum absolute atomic E-state index is 11.3. The highest BCUT2D eigenvalue weighted by atomic mass is 16.6. The van der Waals surface area contributed by atoms with Crippen LogP contribution < -0.4 is 0 Å². The van der Waals surface area contributed by atoms with Crippen molar-refractivity contribution in [2.45, 2.75) is 116 Å². The van der Waals surface area contributed by atoms with E-state index in [0.717, 1.165) is 19.3 Å².